The van der Waals surface area contributed by atoms with Crippen LogP contribution < -0.4 is 0 Å². The third kappa shape index (κ3) is 72.7. The summed E-state index contributed by atoms with van der Waals surface area (Å²) in [6.45, 7) is 4.21. The first-order valence-electron chi connectivity index (χ1n) is 36.2. The van der Waals surface area contributed by atoms with Crippen molar-refractivity contribution in [2.24, 2.45) is 0 Å². The van der Waals surface area contributed by atoms with E-state index in [9.17, 15) is 19.0 Å². The number of esters is 2. The molecule has 2 atom stereocenters. The number of hydrogen-bond donors (Lipinski definition) is 1. The molecule has 90 heavy (non-hydrogen) atoms. The summed E-state index contributed by atoms with van der Waals surface area (Å²) in [6, 6.07) is 0. The molecule has 0 aromatic carbocycles. The van der Waals surface area contributed by atoms with E-state index in [-0.39, 0.29) is 32.0 Å². The number of phosphoric acid groups is 1. The van der Waals surface area contributed by atoms with E-state index in [0.29, 0.717) is 17.4 Å². The summed E-state index contributed by atoms with van der Waals surface area (Å²) < 4.78 is 34.8. The van der Waals surface area contributed by atoms with Crippen molar-refractivity contribution < 1.29 is 42.1 Å². The fourth-order valence-corrected chi connectivity index (χ4v) is 10.3. The number of rotatable bonds is 65. The highest BCUT2D eigenvalue weighted by Crippen LogP contribution is 2.43. The lowest BCUT2D eigenvalue weighted by Gasteiger charge is -2.24. The molecule has 0 aliphatic rings. The number of quaternary nitrogens is 1. The SMILES string of the molecule is CC/C=C\C/C=C\C/C=C\C/C=C\C/C=C\C/C=C\C/C=C\CCCCCCCCCCCCCC(=O)OC(COC(=O)CCCCCCCCCCCCCCCC/C=C\C/C=C\C/C=C\C/C=C\C/C=C\C/C=C\CC)COP(=O)(O)OCC[N+](C)(C)C. The molecule has 0 aliphatic carbocycles. The maximum atomic E-state index is 12.9. The molecule has 0 radical (unpaired) electrons. The monoisotopic (exact) mass is 1270 g/mol. The Hall–Kier alpha value is -4.37. The lowest BCUT2D eigenvalue weighted by Crippen LogP contribution is -2.37. The lowest BCUT2D eigenvalue weighted by molar-refractivity contribution is -0.870. The second kappa shape index (κ2) is 69.0. The van der Waals surface area contributed by atoms with Crippen molar-refractivity contribution in [3.63, 3.8) is 0 Å². The van der Waals surface area contributed by atoms with E-state index in [0.717, 1.165) is 128 Å². The van der Waals surface area contributed by atoms with E-state index in [1.54, 1.807) is 0 Å². The van der Waals surface area contributed by atoms with Gasteiger partial charge in [0.15, 0.2) is 6.10 Å². The lowest BCUT2D eigenvalue weighted by atomic mass is 10.0. The van der Waals surface area contributed by atoms with Gasteiger partial charge in [-0.2, -0.15) is 0 Å². The van der Waals surface area contributed by atoms with E-state index in [1.807, 2.05) is 21.1 Å². The van der Waals surface area contributed by atoms with Crippen LogP contribution in [-0.2, 0) is 32.7 Å². The molecule has 0 fully saturated rings. The Morgan fingerprint density at radius 2 is 0.600 bits per heavy atom. The number of phosphoric ester groups is 1. The third-order valence-corrected chi connectivity index (χ3v) is 16.0. The molecular formula is C80H135NO8P+. The van der Waals surface area contributed by atoms with Crippen LogP contribution in [0.2, 0.25) is 0 Å². The van der Waals surface area contributed by atoms with Gasteiger partial charge in [-0.3, -0.25) is 18.6 Å². The first kappa shape index (κ1) is 85.6. The molecule has 0 aromatic rings. The maximum absolute atomic E-state index is 12.9. The van der Waals surface area contributed by atoms with Gasteiger partial charge in [0.05, 0.1) is 27.7 Å². The fourth-order valence-electron chi connectivity index (χ4n) is 9.59. The van der Waals surface area contributed by atoms with Gasteiger partial charge in [0.1, 0.15) is 19.8 Å². The summed E-state index contributed by atoms with van der Waals surface area (Å²) in [6.07, 6.45) is 103. The Kier molecular flexibility index (Phi) is 65.6. The molecule has 0 bridgehead atoms. The van der Waals surface area contributed by atoms with Gasteiger partial charge in [-0.05, 0) is 122 Å². The van der Waals surface area contributed by atoms with Crippen molar-refractivity contribution in [3.05, 3.63) is 158 Å². The predicted molar refractivity (Wildman–Crippen MR) is 390 cm³/mol. The van der Waals surface area contributed by atoms with Crippen LogP contribution in [0.25, 0.3) is 0 Å². The van der Waals surface area contributed by atoms with Crippen molar-refractivity contribution in [1.82, 2.24) is 0 Å². The summed E-state index contributed by atoms with van der Waals surface area (Å²) in [5.74, 6) is -0.804. The second-order valence-electron chi connectivity index (χ2n) is 24.9. The van der Waals surface area contributed by atoms with Gasteiger partial charge in [-0.15, -0.1) is 0 Å². The Morgan fingerprint density at radius 3 is 0.889 bits per heavy atom. The molecule has 2 unspecified atom stereocenters. The molecule has 0 amide bonds. The van der Waals surface area contributed by atoms with E-state index in [2.05, 4.69) is 172 Å². The highest BCUT2D eigenvalue weighted by atomic mass is 31.2. The van der Waals surface area contributed by atoms with Crippen molar-refractivity contribution >= 4 is 19.8 Å². The molecule has 1 N–H and O–H groups in total. The van der Waals surface area contributed by atoms with Gasteiger partial charge >= 0.3 is 19.8 Å². The summed E-state index contributed by atoms with van der Waals surface area (Å²) >= 11 is 0. The highest BCUT2D eigenvalue weighted by Gasteiger charge is 2.27. The van der Waals surface area contributed by atoms with Crippen LogP contribution in [0.3, 0.4) is 0 Å². The van der Waals surface area contributed by atoms with E-state index in [1.165, 1.54) is 122 Å². The average molecular weight is 1270 g/mol. The quantitative estimate of drug-likeness (QED) is 0.0211. The molecular weight excluding hydrogens is 1130 g/mol. The number of hydrogen-bond acceptors (Lipinski definition) is 7. The summed E-state index contributed by atoms with van der Waals surface area (Å²) in [7, 11) is 1.46. The minimum atomic E-state index is -4.40. The van der Waals surface area contributed by atoms with E-state index >= 15 is 0 Å². The van der Waals surface area contributed by atoms with Gasteiger partial charge in [-0.1, -0.05) is 307 Å². The van der Waals surface area contributed by atoms with Crippen molar-refractivity contribution in [2.75, 3.05) is 47.5 Å². The van der Waals surface area contributed by atoms with Gasteiger partial charge in [0.2, 0.25) is 0 Å². The molecule has 0 aliphatic heterocycles. The number of nitrogens with zero attached hydrogens (tertiary/aromatic N) is 1. The number of carbonyl (C=O) groups is 2. The number of allylic oxidation sites excluding steroid dienone is 26. The number of unbranched alkanes of at least 4 members (excludes halogenated alkanes) is 25. The molecule has 0 aromatic heterocycles. The standard InChI is InChI=1S/C80H134NO8P/c1-6-8-10-12-14-16-18-20-22-24-26-28-30-32-34-36-38-40-42-44-46-48-50-52-54-56-58-60-62-64-66-68-70-72-79(82)86-76-78(77-88-90(84,85)87-75-74-81(3,4)5)89-80(83)73-71-69-67-65-63-61-59-57-55-53-51-49-47-45-43-41-39-37-35-33-31-29-27-25-23-21-19-17-15-13-11-9-7-2/h8-11,14-17,20-23,26-29,32-35,38-41,45,47,78H,6-7,12-13,18-19,24-25,30-31,36-37,42-44,46,48-77H2,1-5H3/p+1/b10-8-,11-9-,16-14-,17-15-,22-20-,23-21-,28-26-,29-27-,34-32-,35-33-,40-38-,41-39-,47-45-. The largest absolute Gasteiger partial charge is 0.472 e. The molecule has 9 nitrogen and oxygen atoms in total. The van der Waals surface area contributed by atoms with Crippen LogP contribution >= 0.6 is 7.82 Å². The number of carbonyl (C=O) groups excluding carboxylic acids is 2. The third-order valence-electron chi connectivity index (χ3n) is 15.1. The zero-order valence-corrected chi connectivity index (χ0v) is 59.2. The molecule has 0 spiro atoms. The molecule has 0 rings (SSSR count). The minimum Gasteiger partial charge on any atom is -0.462 e. The Labute approximate surface area is 554 Å². The molecule has 0 saturated carbocycles. The zero-order valence-electron chi connectivity index (χ0n) is 58.3. The molecule has 0 heterocycles. The smallest absolute Gasteiger partial charge is 0.462 e. The Balaban J connectivity index is 4.08. The first-order chi connectivity index (χ1) is 44.0. The molecule has 512 valence electrons. The normalized spacial score (nSPS) is 14.1. The van der Waals surface area contributed by atoms with Crippen LogP contribution in [-0.4, -0.2) is 74.9 Å². The van der Waals surface area contributed by atoms with Gasteiger partial charge in [0, 0.05) is 12.8 Å². The molecule has 0 saturated heterocycles. The van der Waals surface area contributed by atoms with E-state index < -0.39 is 26.5 Å². The van der Waals surface area contributed by atoms with Gasteiger partial charge < -0.3 is 18.9 Å². The summed E-state index contributed by atoms with van der Waals surface area (Å²) in [5.41, 5.74) is 0. The first-order valence-corrected chi connectivity index (χ1v) is 37.7. The Morgan fingerprint density at radius 1 is 0.344 bits per heavy atom. The van der Waals surface area contributed by atoms with Crippen molar-refractivity contribution in [3.8, 4) is 0 Å². The second-order valence-corrected chi connectivity index (χ2v) is 26.3. The van der Waals surface area contributed by atoms with Gasteiger partial charge in [0.25, 0.3) is 0 Å². The van der Waals surface area contributed by atoms with Crippen LogP contribution in [0.1, 0.15) is 284 Å². The van der Waals surface area contributed by atoms with Crippen molar-refractivity contribution in [1.29, 1.82) is 0 Å². The zero-order chi connectivity index (χ0) is 65.5. The van der Waals surface area contributed by atoms with Crippen LogP contribution in [0.4, 0.5) is 0 Å². The van der Waals surface area contributed by atoms with Crippen molar-refractivity contribution in [2.45, 2.75) is 290 Å². The highest BCUT2D eigenvalue weighted by molar-refractivity contribution is 7.47. The Bertz CT molecular complexity index is 2080. The predicted octanol–water partition coefficient (Wildman–Crippen LogP) is 23.9. The summed E-state index contributed by atoms with van der Waals surface area (Å²) in [5, 5.41) is 0. The maximum Gasteiger partial charge on any atom is 0.472 e. The fraction of sp³-hybridized carbons (Fsp3) is 0.650. The van der Waals surface area contributed by atoms with Crippen LogP contribution in [0, 0.1) is 0 Å². The van der Waals surface area contributed by atoms with Crippen LogP contribution in [0.5, 0.6) is 0 Å². The summed E-state index contributed by atoms with van der Waals surface area (Å²) in [4.78, 5) is 35.9. The molecule has 10 heteroatoms. The van der Waals surface area contributed by atoms with Gasteiger partial charge in [-0.25, -0.2) is 4.57 Å². The minimum absolute atomic E-state index is 0.0244. The van der Waals surface area contributed by atoms with Crippen LogP contribution in [0.15, 0.2) is 158 Å². The van der Waals surface area contributed by atoms with E-state index in [4.69, 9.17) is 18.5 Å². The number of likely N-dealkylation sites (N-methyl/N-ethyl adjacent to an activating group) is 1. The number of ether oxygens (including phenoxy) is 2. The topological polar surface area (TPSA) is 108 Å². The average Bonchev–Trinajstić information content (AvgIpc) is 3.58.